The Hall–Kier alpha value is -2.41. The Balaban J connectivity index is 1.79. The second-order valence-corrected chi connectivity index (χ2v) is 6.60. The number of carbonyl (C=O) groups excluding carboxylic acids is 1. The Morgan fingerprint density at radius 1 is 1.35 bits per heavy atom. The molecule has 1 unspecified atom stereocenters. The topological polar surface area (TPSA) is 66.3 Å². The summed E-state index contributed by atoms with van der Waals surface area (Å²) < 4.78 is 1.98. The van der Waals surface area contributed by atoms with Gasteiger partial charge in [0.25, 0.3) is 5.91 Å². The van der Waals surface area contributed by atoms with E-state index in [2.05, 4.69) is 34.0 Å². The third-order valence-corrected chi connectivity index (χ3v) is 4.85. The molecule has 1 aliphatic heterocycles. The second-order valence-electron chi connectivity index (χ2n) is 6.60. The summed E-state index contributed by atoms with van der Waals surface area (Å²) in [6.45, 7) is 8.32. The lowest BCUT2D eigenvalue weighted by atomic mass is 10.1. The molecule has 1 atom stereocenters. The maximum absolute atomic E-state index is 13.1. The van der Waals surface area contributed by atoms with Gasteiger partial charge in [-0.25, -0.2) is 9.97 Å². The summed E-state index contributed by atoms with van der Waals surface area (Å²) >= 11 is 0. The van der Waals surface area contributed by atoms with Crippen molar-refractivity contribution >= 4 is 11.7 Å². The molecule has 2 aromatic heterocycles. The van der Waals surface area contributed by atoms with Gasteiger partial charge in [0.1, 0.15) is 17.7 Å². The quantitative estimate of drug-likeness (QED) is 0.855. The Morgan fingerprint density at radius 3 is 2.81 bits per heavy atom. The van der Waals surface area contributed by atoms with Gasteiger partial charge in [-0.1, -0.05) is 6.92 Å². The minimum Gasteiger partial charge on any atom is -0.357 e. The molecule has 1 fully saturated rings. The van der Waals surface area contributed by atoms with Gasteiger partial charge in [0.2, 0.25) is 0 Å². The van der Waals surface area contributed by atoms with Crippen molar-refractivity contribution in [2.24, 2.45) is 7.05 Å². The van der Waals surface area contributed by atoms with E-state index in [9.17, 15) is 4.79 Å². The molecule has 0 aliphatic carbocycles. The van der Waals surface area contributed by atoms with Gasteiger partial charge in [-0.3, -0.25) is 4.79 Å². The number of hydrogen-bond acceptors (Lipinski definition) is 5. The molecule has 3 rings (SSSR count). The van der Waals surface area contributed by atoms with E-state index >= 15 is 0 Å². The molecule has 7 nitrogen and oxygen atoms in total. The molecule has 0 spiro atoms. The molecule has 1 amide bonds. The zero-order valence-corrected chi connectivity index (χ0v) is 15.9. The number of nitrogens with one attached hydrogen (secondary N) is 1. The molecule has 140 valence electrons. The fourth-order valence-corrected chi connectivity index (χ4v) is 3.45. The summed E-state index contributed by atoms with van der Waals surface area (Å²) in [4.78, 5) is 26.2. The van der Waals surface area contributed by atoms with Gasteiger partial charge in [0.15, 0.2) is 0 Å². The summed E-state index contributed by atoms with van der Waals surface area (Å²) in [5.74, 6) is 1.83. The van der Waals surface area contributed by atoms with E-state index in [1.54, 1.807) is 12.4 Å². The van der Waals surface area contributed by atoms with Crippen molar-refractivity contribution in [2.45, 2.75) is 26.3 Å². The number of nitrogens with zero attached hydrogens (tertiary/aromatic N) is 5. The molecule has 7 heteroatoms. The lowest BCUT2D eigenvalue weighted by Crippen LogP contribution is -2.49. The van der Waals surface area contributed by atoms with Crippen LogP contribution in [-0.4, -0.2) is 58.1 Å². The minimum absolute atomic E-state index is 0.0112. The van der Waals surface area contributed by atoms with Crippen LogP contribution in [0.5, 0.6) is 0 Å². The number of piperazine rings is 1. The fraction of sp³-hybridized carbons (Fsp3) is 0.526. The second kappa shape index (κ2) is 8.31. The monoisotopic (exact) mass is 356 g/mol. The first-order valence-electron chi connectivity index (χ1n) is 9.35. The van der Waals surface area contributed by atoms with Crippen molar-refractivity contribution in [1.82, 2.24) is 24.8 Å². The van der Waals surface area contributed by atoms with Gasteiger partial charge in [0, 0.05) is 58.4 Å². The Bertz CT molecular complexity index is 726. The Labute approximate surface area is 155 Å². The van der Waals surface area contributed by atoms with Crippen molar-refractivity contribution in [3.63, 3.8) is 0 Å². The number of carbonyl (C=O) groups is 1. The van der Waals surface area contributed by atoms with E-state index in [-0.39, 0.29) is 11.9 Å². The van der Waals surface area contributed by atoms with Crippen LogP contribution in [0, 0.1) is 0 Å². The average Bonchev–Trinajstić information content (AvgIpc) is 3.11. The van der Waals surface area contributed by atoms with Crippen molar-refractivity contribution in [2.75, 3.05) is 37.6 Å². The Kier molecular flexibility index (Phi) is 5.88. The number of aromatic nitrogens is 3. The van der Waals surface area contributed by atoms with Crippen molar-refractivity contribution in [1.29, 1.82) is 0 Å². The summed E-state index contributed by atoms with van der Waals surface area (Å²) in [5, 5.41) is 3.36. The van der Waals surface area contributed by atoms with E-state index in [4.69, 9.17) is 0 Å². The third-order valence-electron chi connectivity index (χ3n) is 4.85. The molecular weight excluding hydrogens is 328 g/mol. The molecule has 1 aliphatic rings. The molecule has 1 saturated heterocycles. The van der Waals surface area contributed by atoms with Crippen LogP contribution in [0.4, 0.5) is 5.82 Å². The number of hydrogen-bond donors (Lipinski definition) is 1. The predicted molar refractivity (Wildman–Crippen MR) is 102 cm³/mol. The normalized spacial score (nSPS) is 17.3. The number of amides is 1. The Morgan fingerprint density at radius 2 is 2.19 bits per heavy atom. The minimum atomic E-state index is -0.0665. The highest BCUT2D eigenvalue weighted by molar-refractivity contribution is 5.94. The number of pyridine rings is 1. The lowest BCUT2D eigenvalue weighted by Gasteiger charge is -2.35. The van der Waals surface area contributed by atoms with Crippen molar-refractivity contribution in [3.05, 3.63) is 42.1 Å². The average molecular weight is 356 g/mol. The smallest absolute Gasteiger partial charge is 0.256 e. The van der Waals surface area contributed by atoms with Crippen LogP contribution in [0.15, 0.2) is 30.7 Å². The van der Waals surface area contributed by atoms with E-state index in [1.807, 2.05) is 34.8 Å². The van der Waals surface area contributed by atoms with E-state index in [0.29, 0.717) is 18.7 Å². The van der Waals surface area contributed by atoms with Crippen LogP contribution in [0.3, 0.4) is 0 Å². The summed E-state index contributed by atoms with van der Waals surface area (Å²) in [6.07, 6.45) is 6.46. The van der Waals surface area contributed by atoms with Crippen LogP contribution in [-0.2, 0) is 7.05 Å². The molecule has 1 N–H and O–H groups in total. The van der Waals surface area contributed by atoms with Crippen LogP contribution in [0.1, 0.15) is 42.5 Å². The van der Waals surface area contributed by atoms with Gasteiger partial charge in [-0.15, -0.1) is 0 Å². The first-order chi connectivity index (χ1) is 12.7. The zero-order valence-electron chi connectivity index (χ0n) is 15.9. The number of aryl methyl sites for hydroxylation is 1. The molecule has 2 aromatic rings. The molecular formula is C19H28N6O. The van der Waals surface area contributed by atoms with Crippen LogP contribution < -0.4 is 10.2 Å². The van der Waals surface area contributed by atoms with Crippen molar-refractivity contribution in [3.8, 4) is 0 Å². The van der Waals surface area contributed by atoms with Gasteiger partial charge in [0.05, 0.1) is 5.56 Å². The molecule has 3 heterocycles. The molecule has 26 heavy (non-hydrogen) atoms. The molecule has 0 radical (unpaired) electrons. The third kappa shape index (κ3) is 3.72. The summed E-state index contributed by atoms with van der Waals surface area (Å²) in [6, 6.07) is 3.77. The zero-order chi connectivity index (χ0) is 18.5. The summed E-state index contributed by atoms with van der Waals surface area (Å²) in [5.41, 5.74) is 0.627. The lowest BCUT2D eigenvalue weighted by molar-refractivity contribution is 0.0620. The van der Waals surface area contributed by atoms with Crippen molar-refractivity contribution < 1.29 is 4.79 Å². The van der Waals surface area contributed by atoms with E-state index in [0.717, 1.165) is 37.7 Å². The molecule has 0 aromatic carbocycles. The van der Waals surface area contributed by atoms with Gasteiger partial charge >= 0.3 is 0 Å². The molecule has 0 bridgehead atoms. The number of rotatable bonds is 6. The highest BCUT2D eigenvalue weighted by Crippen LogP contribution is 2.23. The van der Waals surface area contributed by atoms with Crippen LogP contribution in [0.25, 0.3) is 0 Å². The van der Waals surface area contributed by atoms with Crippen LogP contribution in [0.2, 0.25) is 0 Å². The van der Waals surface area contributed by atoms with E-state index < -0.39 is 0 Å². The summed E-state index contributed by atoms with van der Waals surface area (Å²) in [7, 11) is 1.96. The predicted octanol–water partition coefficient (Wildman–Crippen LogP) is 1.84. The van der Waals surface area contributed by atoms with Gasteiger partial charge < -0.3 is 19.7 Å². The molecule has 0 saturated carbocycles. The van der Waals surface area contributed by atoms with Gasteiger partial charge in [-0.05, 0) is 25.5 Å². The van der Waals surface area contributed by atoms with E-state index in [1.165, 1.54) is 0 Å². The van der Waals surface area contributed by atoms with Crippen LogP contribution >= 0.6 is 0 Å². The highest BCUT2D eigenvalue weighted by Gasteiger charge is 2.31. The first kappa shape index (κ1) is 18.4. The first-order valence-corrected chi connectivity index (χ1v) is 9.35. The fourth-order valence-electron chi connectivity index (χ4n) is 3.45. The SMILES string of the molecule is CCCN(CC)c1ccc(C(=O)N2CCNCC2c2nccn2C)cn1. The largest absolute Gasteiger partial charge is 0.357 e. The number of anilines is 1. The number of imidazole rings is 1. The maximum atomic E-state index is 13.1. The highest BCUT2D eigenvalue weighted by atomic mass is 16.2. The van der Waals surface area contributed by atoms with Gasteiger partial charge in [-0.2, -0.15) is 0 Å². The maximum Gasteiger partial charge on any atom is 0.256 e. The standard InChI is InChI=1S/C19H28N6O/c1-4-10-24(5-2)17-7-6-15(13-22-17)19(26)25-12-8-20-14-16(25)18-21-9-11-23(18)3/h6-7,9,11,13,16,20H,4-5,8,10,12,14H2,1-3H3.